The molecule has 42 heavy (non-hydrogen) atoms. The summed E-state index contributed by atoms with van der Waals surface area (Å²) >= 11 is 6.40. The van der Waals surface area contributed by atoms with Crippen LogP contribution in [0.25, 0.3) is 5.69 Å². The van der Waals surface area contributed by atoms with Gasteiger partial charge in [0.05, 0.1) is 17.9 Å². The number of nitrogens with two attached hydrogens (primary N) is 1. The molecular weight excluding hydrogens is 556 g/mol. The molecule has 2 aliphatic rings. The number of fused-ring (bicyclic) bond motifs is 2. The number of nitrogens with one attached hydrogen (secondary N) is 1. The molecule has 4 aromatic rings. The Kier molecular flexibility index (Phi) is 7.07. The average molecular weight is 587 g/mol. The van der Waals surface area contributed by atoms with Crippen molar-refractivity contribution in [3.63, 3.8) is 0 Å². The minimum atomic E-state index is -0.405. The van der Waals surface area contributed by atoms with Crippen molar-refractivity contribution in [3.8, 4) is 5.69 Å². The van der Waals surface area contributed by atoms with Gasteiger partial charge in [-0.25, -0.2) is 4.68 Å². The van der Waals surface area contributed by atoms with Crippen LogP contribution in [0, 0.1) is 6.92 Å². The lowest BCUT2D eigenvalue weighted by molar-refractivity contribution is 0.0780. The van der Waals surface area contributed by atoms with E-state index >= 15 is 0 Å². The fraction of sp³-hybridized carbons (Fsp3) is 0.300. The predicted molar refractivity (Wildman–Crippen MR) is 158 cm³/mol. The normalized spacial score (nSPS) is 14.7. The lowest BCUT2D eigenvalue weighted by Gasteiger charge is -2.30. The fourth-order valence-electron chi connectivity index (χ4n) is 5.57. The molecule has 0 fully saturated rings. The molecule has 12 heteroatoms. The summed E-state index contributed by atoms with van der Waals surface area (Å²) in [6, 6.07) is 12.7. The molecule has 216 valence electrons. The van der Waals surface area contributed by atoms with E-state index in [0.717, 1.165) is 23.2 Å². The van der Waals surface area contributed by atoms with Crippen LogP contribution in [0.5, 0.6) is 0 Å². The second-order valence-electron chi connectivity index (χ2n) is 10.7. The molecule has 6 rings (SSSR count). The number of rotatable bonds is 6. The van der Waals surface area contributed by atoms with E-state index in [9.17, 15) is 14.4 Å². The molecule has 0 radical (unpaired) electrons. The van der Waals surface area contributed by atoms with E-state index in [1.165, 1.54) is 4.68 Å². The maximum Gasteiger partial charge on any atom is 0.277 e. The highest BCUT2D eigenvalue weighted by Crippen LogP contribution is 2.32. The largest absolute Gasteiger partial charge is 0.345 e. The van der Waals surface area contributed by atoms with E-state index in [1.54, 1.807) is 45.8 Å². The number of halogens is 1. The van der Waals surface area contributed by atoms with Crippen LogP contribution in [0.4, 0.5) is 5.69 Å². The van der Waals surface area contributed by atoms with Gasteiger partial charge >= 0.3 is 0 Å². The number of anilines is 1. The van der Waals surface area contributed by atoms with Crippen molar-refractivity contribution in [2.45, 2.75) is 32.9 Å². The Morgan fingerprint density at radius 1 is 1.00 bits per heavy atom. The van der Waals surface area contributed by atoms with E-state index < -0.39 is 5.91 Å². The summed E-state index contributed by atoms with van der Waals surface area (Å²) in [6.45, 7) is 3.38. The highest BCUT2D eigenvalue weighted by atomic mass is 35.5. The van der Waals surface area contributed by atoms with E-state index in [0.29, 0.717) is 52.7 Å². The standard InChI is InChI=1S/C30H31ClN8O3/c1-17-10-21(34-37(17)3)16-33-28(40)26-24-7-9-38(22-5-4-19-6-8-36(2)29(41)25(19)14-22)30(42)27(24)39(35-26)23-12-18(15-32)11-20(31)13-23/h4-5,10-14H,6-9,15-16,32H2,1-3H3,(H,33,40). The summed E-state index contributed by atoms with van der Waals surface area (Å²) in [7, 11) is 3.62. The van der Waals surface area contributed by atoms with Crippen LogP contribution in [0.2, 0.25) is 5.02 Å². The quantitative estimate of drug-likeness (QED) is 0.357. The molecular formula is C30H31ClN8O3. The molecule has 0 spiro atoms. The Bertz CT molecular complexity index is 1740. The van der Waals surface area contributed by atoms with Gasteiger partial charge in [-0.15, -0.1) is 0 Å². The molecule has 0 unspecified atom stereocenters. The zero-order valence-corrected chi connectivity index (χ0v) is 24.4. The molecule has 11 nitrogen and oxygen atoms in total. The number of amides is 3. The third-order valence-corrected chi connectivity index (χ3v) is 8.17. The third-order valence-electron chi connectivity index (χ3n) is 7.95. The molecule has 0 saturated carbocycles. The molecule has 2 aliphatic heterocycles. The summed E-state index contributed by atoms with van der Waals surface area (Å²) < 4.78 is 3.22. The van der Waals surface area contributed by atoms with Crippen molar-refractivity contribution in [3.05, 3.63) is 92.5 Å². The van der Waals surface area contributed by atoms with Crippen LogP contribution >= 0.6 is 11.6 Å². The van der Waals surface area contributed by atoms with Crippen molar-refractivity contribution in [2.75, 3.05) is 25.0 Å². The van der Waals surface area contributed by atoms with Crippen molar-refractivity contribution in [1.82, 2.24) is 29.8 Å². The number of benzene rings is 2. The Labute approximate surface area is 247 Å². The van der Waals surface area contributed by atoms with Crippen LogP contribution in [0.15, 0.2) is 42.5 Å². The summed E-state index contributed by atoms with van der Waals surface area (Å²) in [5.74, 6) is -0.796. The van der Waals surface area contributed by atoms with Gasteiger partial charge < -0.3 is 20.9 Å². The Morgan fingerprint density at radius 3 is 2.55 bits per heavy atom. The van der Waals surface area contributed by atoms with Gasteiger partial charge in [-0.1, -0.05) is 17.7 Å². The van der Waals surface area contributed by atoms with Crippen LogP contribution < -0.4 is 16.0 Å². The first-order chi connectivity index (χ1) is 20.1. The first-order valence-corrected chi connectivity index (χ1v) is 14.1. The molecule has 2 aromatic carbocycles. The predicted octanol–water partition coefficient (Wildman–Crippen LogP) is 2.79. The van der Waals surface area contributed by atoms with Crippen LogP contribution in [-0.2, 0) is 33.0 Å². The van der Waals surface area contributed by atoms with Crippen LogP contribution in [0.1, 0.15) is 59.4 Å². The van der Waals surface area contributed by atoms with Gasteiger partial charge in [0.2, 0.25) is 0 Å². The molecule has 0 aliphatic carbocycles. The first kappa shape index (κ1) is 27.7. The number of aryl methyl sites for hydroxylation is 2. The van der Waals surface area contributed by atoms with Gasteiger partial charge in [0.15, 0.2) is 5.69 Å². The van der Waals surface area contributed by atoms with Crippen molar-refractivity contribution in [2.24, 2.45) is 12.8 Å². The maximum atomic E-state index is 14.2. The average Bonchev–Trinajstić information content (AvgIpc) is 3.53. The number of aromatic nitrogens is 4. The lowest BCUT2D eigenvalue weighted by Crippen LogP contribution is -2.40. The van der Waals surface area contributed by atoms with Gasteiger partial charge in [0.1, 0.15) is 5.69 Å². The van der Waals surface area contributed by atoms with Crippen LogP contribution in [0.3, 0.4) is 0 Å². The summed E-state index contributed by atoms with van der Waals surface area (Å²) in [5.41, 5.74) is 12.0. The number of hydrogen-bond acceptors (Lipinski definition) is 6. The third kappa shape index (κ3) is 4.84. The Balaban J connectivity index is 1.40. The van der Waals surface area contributed by atoms with E-state index in [-0.39, 0.29) is 36.3 Å². The lowest BCUT2D eigenvalue weighted by atomic mass is 9.97. The Morgan fingerprint density at radius 2 is 1.81 bits per heavy atom. The number of likely N-dealkylation sites (N-methyl/N-ethyl adjacent to an activating group) is 1. The summed E-state index contributed by atoms with van der Waals surface area (Å²) in [4.78, 5) is 43.8. The van der Waals surface area contributed by atoms with E-state index in [4.69, 9.17) is 17.3 Å². The summed E-state index contributed by atoms with van der Waals surface area (Å²) in [5, 5.41) is 12.4. The zero-order valence-electron chi connectivity index (χ0n) is 23.6. The second kappa shape index (κ2) is 10.7. The molecule has 3 N–H and O–H groups in total. The SMILES string of the molecule is Cc1cc(CNC(=O)c2nn(-c3cc(Cl)cc(CN)c3)c3c2CCN(c2ccc4c(c2)C(=O)N(C)CC4)C3=O)nn1C. The van der Waals surface area contributed by atoms with Gasteiger partial charge in [0.25, 0.3) is 17.7 Å². The maximum absolute atomic E-state index is 14.2. The number of carbonyl (C=O) groups is 3. The number of hydrogen-bond donors (Lipinski definition) is 2. The monoisotopic (exact) mass is 586 g/mol. The van der Waals surface area contributed by atoms with Crippen molar-refractivity contribution in [1.29, 1.82) is 0 Å². The molecule has 0 bridgehead atoms. The zero-order chi connectivity index (χ0) is 29.7. The highest BCUT2D eigenvalue weighted by Gasteiger charge is 2.36. The molecule has 3 amide bonds. The molecule has 0 saturated heterocycles. The topological polar surface area (TPSA) is 131 Å². The van der Waals surface area contributed by atoms with Crippen molar-refractivity contribution >= 4 is 35.0 Å². The van der Waals surface area contributed by atoms with E-state index in [1.807, 2.05) is 32.2 Å². The molecule has 0 atom stereocenters. The summed E-state index contributed by atoms with van der Waals surface area (Å²) in [6.07, 6.45) is 1.15. The van der Waals surface area contributed by atoms with Gasteiger partial charge in [0, 0.05) is 61.3 Å². The second-order valence-corrected chi connectivity index (χ2v) is 11.2. The van der Waals surface area contributed by atoms with Gasteiger partial charge in [-0.2, -0.15) is 10.2 Å². The smallest absolute Gasteiger partial charge is 0.277 e. The number of nitrogens with zero attached hydrogens (tertiary/aromatic N) is 6. The van der Waals surface area contributed by atoms with E-state index in [2.05, 4.69) is 15.5 Å². The first-order valence-electron chi connectivity index (χ1n) is 13.7. The van der Waals surface area contributed by atoms with Crippen LogP contribution in [-0.4, -0.2) is 62.3 Å². The van der Waals surface area contributed by atoms with Crippen molar-refractivity contribution < 1.29 is 14.4 Å². The highest BCUT2D eigenvalue weighted by molar-refractivity contribution is 6.30. The minimum Gasteiger partial charge on any atom is -0.345 e. The molecule has 4 heterocycles. The Hall–Kier alpha value is -4.48. The fourth-order valence-corrected chi connectivity index (χ4v) is 5.82. The van der Waals surface area contributed by atoms with Gasteiger partial charge in [-0.05, 0) is 67.3 Å². The number of carbonyl (C=O) groups excluding carboxylic acids is 3. The minimum absolute atomic E-state index is 0.0661. The van der Waals surface area contributed by atoms with Gasteiger partial charge in [-0.3, -0.25) is 19.1 Å². The molecule has 2 aromatic heterocycles.